The summed E-state index contributed by atoms with van der Waals surface area (Å²) in [5.74, 6) is -0.314. The lowest BCUT2D eigenvalue weighted by Gasteiger charge is -2.41. The molecule has 0 atom stereocenters. The molecule has 1 aliphatic carbocycles. The maximum absolute atomic E-state index is 13.1. The van der Waals surface area contributed by atoms with E-state index in [0.29, 0.717) is 19.5 Å². The molecular weight excluding hydrogens is 304 g/mol. The van der Waals surface area contributed by atoms with Gasteiger partial charge in [0.15, 0.2) is 5.69 Å². The quantitative estimate of drug-likeness (QED) is 0.771. The molecule has 1 amide bonds. The van der Waals surface area contributed by atoms with E-state index in [-0.39, 0.29) is 29.2 Å². The zero-order valence-electron chi connectivity index (χ0n) is 13.7. The minimum atomic E-state index is -2.73. The van der Waals surface area contributed by atoms with Crippen LogP contribution in [0.3, 0.4) is 0 Å². The first kappa shape index (κ1) is 17.8. The fourth-order valence-electron chi connectivity index (χ4n) is 3.02. The molecule has 0 aromatic carbocycles. The second kappa shape index (κ2) is 7.38. The first-order chi connectivity index (χ1) is 10.9. The van der Waals surface area contributed by atoms with E-state index in [1.165, 1.54) is 10.9 Å². The molecule has 0 aliphatic heterocycles. The van der Waals surface area contributed by atoms with Crippen LogP contribution in [-0.4, -0.2) is 33.9 Å². The van der Waals surface area contributed by atoms with Crippen molar-refractivity contribution in [1.82, 2.24) is 15.1 Å². The van der Waals surface area contributed by atoms with Gasteiger partial charge >= 0.3 is 0 Å². The van der Waals surface area contributed by atoms with E-state index in [9.17, 15) is 13.6 Å². The van der Waals surface area contributed by atoms with E-state index in [4.69, 9.17) is 5.11 Å². The number of halogens is 2. The van der Waals surface area contributed by atoms with Crippen LogP contribution >= 0.6 is 0 Å². The third-order valence-electron chi connectivity index (χ3n) is 4.47. The highest BCUT2D eigenvalue weighted by Gasteiger charge is 2.37. The predicted molar refractivity (Wildman–Crippen MR) is 82.3 cm³/mol. The van der Waals surface area contributed by atoms with Crippen LogP contribution in [-0.2, 0) is 6.54 Å². The standard InChI is InChI=1S/C16H25F2N3O2/c1-11(2)8-21-9-12(14(17)18)13(20-21)15(23)19-10-16(6-7-22)4-3-5-16/h9,11,14,22H,3-8,10H2,1-2H3,(H,19,23). The Kier molecular flexibility index (Phi) is 5.73. The van der Waals surface area contributed by atoms with Crippen LogP contribution in [0.4, 0.5) is 8.78 Å². The van der Waals surface area contributed by atoms with Crippen molar-refractivity contribution >= 4 is 5.91 Å². The van der Waals surface area contributed by atoms with E-state index in [0.717, 1.165) is 19.3 Å². The lowest BCUT2D eigenvalue weighted by Crippen LogP contribution is -2.43. The lowest BCUT2D eigenvalue weighted by atomic mass is 9.67. The third-order valence-corrected chi connectivity index (χ3v) is 4.47. The van der Waals surface area contributed by atoms with Crippen LogP contribution in [0.2, 0.25) is 0 Å². The number of hydrogen-bond acceptors (Lipinski definition) is 3. The van der Waals surface area contributed by atoms with Crippen molar-refractivity contribution in [2.75, 3.05) is 13.2 Å². The maximum Gasteiger partial charge on any atom is 0.272 e. The molecule has 1 saturated carbocycles. The maximum atomic E-state index is 13.1. The van der Waals surface area contributed by atoms with E-state index in [2.05, 4.69) is 10.4 Å². The number of alkyl halides is 2. The molecule has 23 heavy (non-hydrogen) atoms. The lowest BCUT2D eigenvalue weighted by molar-refractivity contribution is 0.0723. The Bertz CT molecular complexity index is 539. The number of hydrogen-bond donors (Lipinski definition) is 2. The summed E-state index contributed by atoms with van der Waals surface area (Å²) >= 11 is 0. The van der Waals surface area contributed by atoms with Crippen LogP contribution in [0.1, 0.15) is 62.0 Å². The van der Waals surface area contributed by atoms with Crippen LogP contribution < -0.4 is 5.32 Å². The molecule has 0 radical (unpaired) electrons. The van der Waals surface area contributed by atoms with Crippen molar-refractivity contribution in [2.45, 2.75) is 52.5 Å². The molecule has 0 spiro atoms. The summed E-state index contributed by atoms with van der Waals surface area (Å²) in [6, 6.07) is 0. The highest BCUT2D eigenvalue weighted by molar-refractivity contribution is 5.93. The minimum absolute atomic E-state index is 0.0706. The highest BCUT2D eigenvalue weighted by atomic mass is 19.3. The average molecular weight is 329 g/mol. The van der Waals surface area contributed by atoms with Gasteiger partial charge in [-0.1, -0.05) is 20.3 Å². The van der Waals surface area contributed by atoms with Gasteiger partial charge in [0.25, 0.3) is 12.3 Å². The van der Waals surface area contributed by atoms with Crippen molar-refractivity contribution in [3.05, 3.63) is 17.5 Å². The monoisotopic (exact) mass is 329 g/mol. The van der Waals surface area contributed by atoms with E-state index in [1.807, 2.05) is 13.8 Å². The Labute approximate surface area is 135 Å². The van der Waals surface area contributed by atoms with Gasteiger partial charge in [0, 0.05) is 25.9 Å². The Morgan fingerprint density at radius 1 is 1.48 bits per heavy atom. The minimum Gasteiger partial charge on any atom is -0.396 e. The molecule has 0 bridgehead atoms. The molecule has 7 heteroatoms. The molecule has 1 aromatic rings. The SMILES string of the molecule is CC(C)Cn1cc(C(F)F)c(C(=O)NCC2(CCO)CCC2)n1. The molecule has 1 aromatic heterocycles. The first-order valence-electron chi connectivity index (χ1n) is 8.11. The number of aliphatic hydroxyl groups is 1. The van der Waals surface area contributed by atoms with Crippen LogP contribution in [0.5, 0.6) is 0 Å². The molecule has 5 nitrogen and oxygen atoms in total. The van der Waals surface area contributed by atoms with Gasteiger partial charge in [-0.2, -0.15) is 5.10 Å². The molecule has 1 heterocycles. The van der Waals surface area contributed by atoms with E-state index < -0.39 is 12.3 Å². The van der Waals surface area contributed by atoms with Gasteiger partial charge in [-0.25, -0.2) is 8.78 Å². The van der Waals surface area contributed by atoms with Gasteiger partial charge in [0.2, 0.25) is 0 Å². The van der Waals surface area contributed by atoms with Crippen LogP contribution in [0.25, 0.3) is 0 Å². The number of carbonyl (C=O) groups is 1. The largest absolute Gasteiger partial charge is 0.396 e. The summed E-state index contributed by atoms with van der Waals surface area (Å²) < 4.78 is 27.7. The molecule has 0 unspecified atom stereocenters. The van der Waals surface area contributed by atoms with Gasteiger partial charge in [-0.15, -0.1) is 0 Å². The summed E-state index contributed by atoms with van der Waals surface area (Å²) in [4.78, 5) is 12.3. The number of nitrogens with zero attached hydrogens (tertiary/aromatic N) is 2. The number of aromatic nitrogens is 2. The number of amides is 1. The number of rotatable bonds is 8. The highest BCUT2D eigenvalue weighted by Crippen LogP contribution is 2.43. The van der Waals surface area contributed by atoms with Crippen molar-refractivity contribution in [3.8, 4) is 0 Å². The van der Waals surface area contributed by atoms with Crippen LogP contribution in [0, 0.1) is 11.3 Å². The number of carbonyl (C=O) groups excluding carboxylic acids is 1. The first-order valence-corrected chi connectivity index (χ1v) is 8.11. The summed E-state index contributed by atoms with van der Waals surface area (Å²) in [5.41, 5.74) is -0.609. The van der Waals surface area contributed by atoms with Crippen molar-refractivity contribution in [3.63, 3.8) is 0 Å². The zero-order valence-corrected chi connectivity index (χ0v) is 13.7. The Morgan fingerprint density at radius 3 is 2.65 bits per heavy atom. The smallest absolute Gasteiger partial charge is 0.272 e. The van der Waals surface area contributed by atoms with Gasteiger partial charge in [0.1, 0.15) is 0 Å². The Morgan fingerprint density at radius 2 is 2.17 bits per heavy atom. The van der Waals surface area contributed by atoms with Crippen molar-refractivity contribution in [1.29, 1.82) is 0 Å². The summed E-state index contributed by atoms with van der Waals surface area (Å²) in [6.07, 6.45) is 2.10. The molecule has 130 valence electrons. The number of aliphatic hydroxyl groups excluding tert-OH is 1. The predicted octanol–water partition coefficient (Wildman–Crippen LogP) is 2.76. The van der Waals surface area contributed by atoms with Gasteiger partial charge < -0.3 is 10.4 Å². The molecule has 1 aliphatic rings. The molecular formula is C16H25F2N3O2. The normalized spacial score (nSPS) is 16.7. The summed E-state index contributed by atoms with van der Waals surface area (Å²) in [7, 11) is 0. The fourth-order valence-corrected chi connectivity index (χ4v) is 3.02. The van der Waals surface area contributed by atoms with Crippen LogP contribution in [0.15, 0.2) is 6.20 Å². The van der Waals surface area contributed by atoms with Gasteiger partial charge in [-0.3, -0.25) is 9.48 Å². The molecule has 2 rings (SSSR count). The third kappa shape index (κ3) is 4.28. The molecule has 1 fully saturated rings. The summed E-state index contributed by atoms with van der Waals surface area (Å²) in [5, 5.41) is 15.9. The zero-order chi connectivity index (χ0) is 17.0. The molecule has 2 N–H and O–H groups in total. The summed E-state index contributed by atoms with van der Waals surface area (Å²) in [6.45, 7) is 4.87. The van der Waals surface area contributed by atoms with Gasteiger partial charge in [-0.05, 0) is 30.6 Å². The van der Waals surface area contributed by atoms with E-state index >= 15 is 0 Å². The average Bonchev–Trinajstić information content (AvgIpc) is 2.84. The van der Waals surface area contributed by atoms with Gasteiger partial charge in [0.05, 0.1) is 5.56 Å². The Balaban J connectivity index is 2.07. The number of nitrogens with one attached hydrogen (secondary N) is 1. The fraction of sp³-hybridized carbons (Fsp3) is 0.750. The van der Waals surface area contributed by atoms with E-state index in [1.54, 1.807) is 0 Å². The second-order valence-corrected chi connectivity index (χ2v) is 6.86. The molecule has 0 saturated heterocycles. The second-order valence-electron chi connectivity index (χ2n) is 6.86. The topological polar surface area (TPSA) is 67.2 Å². The van der Waals surface area contributed by atoms with Crippen molar-refractivity contribution in [2.24, 2.45) is 11.3 Å². The Hall–Kier alpha value is -1.50. The van der Waals surface area contributed by atoms with Crippen molar-refractivity contribution < 1.29 is 18.7 Å².